The highest BCUT2D eigenvalue weighted by molar-refractivity contribution is 4.58. The number of hydrogen-bond donors (Lipinski definition) is 0. The predicted octanol–water partition coefficient (Wildman–Crippen LogP) is 4.57. The van der Waals surface area contributed by atoms with E-state index in [-0.39, 0.29) is 0 Å². The minimum absolute atomic E-state index is 0.878. The topological polar surface area (TPSA) is 3.24 Å². The lowest BCUT2D eigenvalue weighted by Crippen LogP contribution is -2.25. The molecule has 1 heteroatoms. The van der Waals surface area contributed by atoms with Crippen molar-refractivity contribution < 1.29 is 0 Å². The molecule has 0 bridgehead atoms. The summed E-state index contributed by atoms with van der Waals surface area (Å²) >= 11 is 0. The van der Waals surface area contributed by atoms with Gasteiger partial charge in [0.25, 0.3) is 0 Å². The van der Waals surface area contributed by atoms with E-state index < -0.39 is 0 Å². The van der Waals surface area contributed by atoms with Crippen LogP contribution in [0.2, 0.25) is 0 Å². The van der Waals surface area contributed by atoms with Crippen molar-refractivity contribution in [3.8, 4) is 0 Å². The molecule has 0 saturated carbocycles. The van der Waals surface area contributed by atoms with E-state index in [2.05, 4.69) is 32.7 Å². The zero-order valence-corrected chi connectivity index (χ0v) is 12.0. The summed E-state index contributed by atoms with van der Waals surface area (Å²) in [5.41, 5.74) is 0. The molecule has 1 unspecified atom stereocenters. The van der Waals surface area contributed by atoms with Crippen LogP contribution in [0, 0.1) is 5.92 Å². The van der Waals surface area contributed by atoms with Crippen LogP contribution in [0.5, 0.6) is 0 Å². The van der Waals surface area contributed by atoms with Gasteiger partial charge >= 0.3 is 0 Å². The van der Waals surface area contributed by atoms with Crippen LogP contribution in [0.1, 0.15) is 66.7 Å². The second kappa shape index (κ2) is 14.0. The van der Waals surface area contributed by atoms with Gasteiger partial charge in [-0.05, 0) is 32.4 Å². The standard InChI is InChI=1S/C12H27N.C2H6/c1-5-7-8-9-12(3)11-13(4)10-6-2;1-2/h12H,5-11H2,1-4H3;1-2H3. The molecular formula is C14H33N. The first-order valence-corrected chi connectivity index (χ1v) is 6.89. The average molecular weight is 215 g/mol. The summed E-state index contributed by atoms with van der Waals surface area (Å²) in [7, 11) is 2.24. The highest BCUT2D eigenvalue weighted by Crippen LogP contribution is 2.10. The maximum Gasteiger partial charge on any atom is 0.000397 e. The molecule has 0 saturated heterocycles. The Kier molecular flexibility index (Phi) is 16.2. The summed E-state index contributed by atoms with van der Waals surface area (Å²) in [6.07, 6.45) is 6.84. The predicted molar refractivity (Wildman–Crippen MR) is 72.4 cm³/mol. The zero-order valence-electron chi connectivity index (χ0n) is 12.0. The van der Waals surface area contributed by atoms with E-state index in [9.17, 15) is 0 Å². The van der Waals surface area contributed by atoms with Gasteiger partial charge in [0.05, 0.1) is 0 Å². The summed E-state index contributed by atoms with van der Waals surface area (Å²) in [6, 6.07) is 0. The molecule has 0 aliphatic carbocycles. The third kappa shape index (κ3) is 14.0. The highest BCUT2D eigenvalue weighted by atomic mass is 15.1. The van der Waals surface area contributed by atoms with Crippen molar-refractivity contribution >= 4 is 0 Å². The van der Waals surface area contributed by atoms with E-state index in [4.69, 9.17) is 0 Å². The molecule has 94 valence electrons. The van der Waals surface area contributed by atoms with Gasteiger partial charge < -0.3 is 4.90 Å². The van der Waals surface area contributed by atoms with Crippen LogP contribution in [0.25, 0.3) is 0 Å². The highest BCUT2D eigenvalue weighted by Gasteiger charge is 2.04. The minimum atomic E-state index is 0.878. The third-order valence-corrected chi connectivity index (χ3v) is 2.53. The van der Waals surface area contributed by atoms with Gasteiger partial charge in [0, 0.05) is 6.54 Å². The maximum absolute atomic E-state index is 2.45. The lowest BCUT2D eigenvalue weighted by Gasteiger charge is -2.20. The van der Waals surface area contributed by atoms with E-state index in [1.54, 1.807) is 0 Å². The first-order chi connectivity index (χ1) is 7.20. The fraction of sp³-hybridized carbons (Fsp3) is 1.00. The molecule has 0 spiro atoms. The SMILES string of the molecule is CC.CCCCCC(C)CN(C)CCC. The van der Waals surface area contributed by atoms with Crippen molar-refractivity contribution in [2.75, 3.05) is 20.1 Å². The van der Waals surface area contributed by atoms with Gasteiger partial charge in [-0.15, -0.1) is 0 Å². The van der Waals surface area contributed by atoms with Crippen LogP contribution in [-0.4, -0.2) is 25.0 Å². The zero-order chi connectivity index (χ0) is 12.1. The number of rotatable bonds is 8. The van der Waals surface area contributed by atoms with Crippen LogP contribution in [0.4, 0.5) is 0 Å². The molecule has 0 aliphatic rings. The number of nitrogens with zero attached hydrogens (tertiary/aromatic N) is 1. The van der Waals surface area contributed by atoms with Gasteiger partial charge in [-0.2, -0.15) is 0 Å². The molecule has 0 rings (SSSR count). The van der Waals surface area contributed by atoms with E-state index >= 15 is 0 Å². The minimum Gasteiger partial charge on any atom is -0.306 e. The molecule has 0 amide bonds. The number of hydrogen-bond acceptors (Lipinski definition) is 1. The monoisotopic (exact) mass is 215 g/mol. The van der Waals surface area contributed by atoms with Crippen LogP contribution >= 0.6 is 0 Å². The lowest BCUT2D eigenvalue weighted by atomic mass is 10.0. The van der Waals surface area contributed by atoms with E-state index in [0.717, 1.165) is 5.92 Å². The van der Waals surface area contributed by atoms with Crippen molar-refractivity contribution in [2.24, 2.45) is 5.92 Å². The van der Waals surface area contributed by atoms with E-state index in [1.165, 1.54) is 45.2 Å². The molecule has 0 fully saturated rings. The fourth-order valence-electron chi connectivity index (χ4n) is 1.84. The summed E-state index contributed by atoms with van der Waals surface area (Å²) in [5, 5.41) is 0. The second-order valence-electron chi connectivity index (χ2n) is 4.36. The molecule has 15 heavy (non-hydrogen) atoms. The van der Waals surface area contributed by atoms with Gasteiger partial charge in [0.1, 0.15) is 0 Å². The van der Waals surface area contributed by atoms with Gasteiger partial charge in [-0.25, -0.2) is 0 Å². The third-order valence-electron chi connectivity index (χ3n) is 2.53. The molecule has 0 aromatic heterocycles. The Bertz CT molecular complexity index is 102. The molecule has 0 heterocycles. The van der Waals surface area contributed by atoms with Crippen molar-refractivity contribution in [3.05, 3.63) is 0 Å². The first-order valence-electron chi connectivity index (χ1n) is 6.89. The van der Waals surface area contributed by atoms with Gasteiger partial charge in [-0.3, -0.25) is 0 Å². The first kappa shape index (κ1) is 17.4. The van der Waals surface area contributed by atoms with Crippen molar-refractivity contribution in [2.45, 2.75) is 66.7 Å². The largest absolute Gasteiger partial charge is 0.306 e. The van der Waals surface area contributed by atoms with Crippen LogP contribution in [0.15, 0.2) is 0 Å². The van der Waals surface area contributed by atoms with Crippen molar-refractivity contribution in [1.82, 2.24) is 4.90 Å². The van der Waals surface area contributed by atoms with E-state index in [0.29, 0.717) is 0 Å². The molecule has 0 radical (unpaired) electrons. The van der Waals surface area contributed by atoms with Gasteiger partial charge in [0.15, 0.2) is 0 Å². The molecular weight excluding hydrogens is 182 g/mol. The van der Waals surface area contributed by atoms with Crippen LogP contribution < -0.4 is 0 Å². The molecule has 0 aromatic carbocycles. The Morgan fingerprint density at radius 1 is 1.00 bits per heavy atom. The molecule has 0 N–H and O–H groups in total. The second-order valence-corrected chi connectivity index (χ2v) is 4.36. The number of unbranched alkanes of at least 4 members (excludes halogenated alkanes) is 2. The molecule has 1 nitrogen and oxygen atoms in total. The normalized spacial score (nSPS) is 12.2. The Hall–Kier alpha value is -0.0400. The lowest BCUT2D eigenvalue weighted by molar-refractivity contribution is 0.275. The maximum atomic E-state index is 2.45. The summed E-state index contributed by atoms with van der Waals surface area (Å²) < 4.78 is 0. The fourth-order valence-corrected chi connectivity index (χ4v) is 1.84. The Labute approximate surface area is 98.2 Å². The summed E-state index contributed by atoms with van der Waals surface area (Å²) in [6.45, 7) is 13.4. The molecule has 1 atom stereocenters. The molecule has 0 aromatic rings. The van der Waals surface area contributed by atoms with Crippen molar-refractivity contribution in [1.29, 1.82) is 0 Å². The van der Waals surface area contributed by atoms with E-state index in [1.807, 2.05) is 13.8 Å². The molecule has 0 aliphatic heterocycles. The van der Waals surface area contributed by atoms with Gasteiger partial charge in [0.2, 0.25) is 0 Å². The quantitative estimate of drug-likeness (QED) is 0.536. The summed E-state index contributed by atoms with van der Waals surface area (Å²) in [4.78, 5) is 2.45. The Balaban J connectivity index is 0. The van der Waals surface area contributed by atoms with Crippen LogP contribution in [0.3, 0.4) is 0 Å². The summed E-state index contributed by atoms with van der Waals surface area (Å²) in [5.74, 6) is 0.878. The average Bonchev–Trinajstić information content (AvgIpc) is 2.21. The smallest absolute Gasteiger partial charge is 0.000397 e. The Morgan fingerprint density at radius 3 is 2.07 bits per heavy atom. The Morgan fingerprint density at radius 2 is 1.60 bits per heavy atom. The van der Waals surface area contributed by atoms with Crippen LogP contribution in [-0.2, 0) is 0 Å². The van der Waals surface area contributed by atoms with Gasteiger partial charge in [-0.1, -0.05) is 53.9 Å². The van der Waals surface area contributed by atoms with Crippen molar-refractivity contribution in [3.63, 3.8) is 0 Å².